The predicted molar refractivity (Wildman–Crippen MR) is 243 cm³/mol. The fourth-order valence-electron chi connectivity index (χ4n) is 7.82. The van der Waals surface area contributed by atoms with Crippen LogP contribution in [0.2, 0.25) is 10.0 Å². The molecule has 368 valence electrons. The van der Waals surface area contributed by atoms with E-state index in [1.54, 1.807) is 7.11 Å². The summed E-state index contributed by atoms with van der Waals surface area (Å²) in [4.78, 5) is 40.0. The number of nitrogens with one attached hydrogen (secondary N) is 2. The summed E-state index contributed by atoms with van der Waals surface area (Å²) in [5, 5.41) is 27.1. The molecule has 1 amide bonds. The summed E-state index contributed by atoms with van der Waals surface area (Å²) in [6.45, 7) is 10.9. The highest BCUT2D eigenvalue weighted by atomic mass is 35.5. The van der Waals surface area contributed by atoms with Crippen molar-refractivity contribution in [1.82, 2.24) is 5.32 Å². The van der Waals surface area contributed by atoms with E-state index < -0.39 is 64.6 Å². The summed E-state index contributed by atoms with van der Waals surface area (Å²) in [5.41, 5.74) is -3.16. The van der Waals surface area contributed by atoms with Gasteiger partial charge in [-0.25, -0.2) is 18.4 Å². The Kier molecular flexibility index (Phi) is 21.9. The van der Waals surface area contributed by atoms with Gasteiger partial charge in [0.1, 0.15) is 35.5 Å². The molecule has 1 fully saturated rings. The van der Waals surface area contributed by atoms with Crippen LogP contribution in [0.3, 0.4) is 0 Å². The molecule has 3 aromatic carbocycles. The number of rotatable bonds is 27. The van der Waals surface area contributed by atoms with Crippen LogP contribution in [0.4, 0.5) is 19.3 Å². The molecular formula is C47H59Cl2F2N3O13. The van der Waals surface area contributed by atoms with Crippen molar-refractivity contribution in [2.24, 2.45) is 5.41 Å². The average Bonchev–Trinajstić information content (AvgIpc) is 3.59. The summed E-state index contributed by atoms with van der Waals surface area (Å²) in [6, 6.07) is 10.4. The van der Waals surface area contributed by atoms with E-state index >= 15 is 8.78 Å². The molecule has 4 rings (SSSR count). The zero-order valence-corrected chi connectivity index (χ0v) is 39.9. The zero-order chi connectivity index (χ0) is 49.1. The Hall–Kier alpha value is -4.68. The number of hydrogen-bond donors (Lipinski definition) is 3. The molecule has 0 aliphatic carbocycles. The second kappa shape index (κ2) is 26.8. The topological polar surface area (TPSA) is 202 Å². The molecular weight excluding hydrogens is 923 g/mol. The largest absolute Gasteiger partial charge is 0.508 e. The first-order valence-electron chi connectivity index (χ1n) is 21.5. The van der Waals surface area contributed by atoms with Crippen LogP contribution in [-0.2, 0) is 48.1 Å². The van der Waals surface area contributed by atoms with Gasteiger partial charge in [-0.1, -0.05) is 62.2 Å². The molecule has 20 heteroatoms. The Balaban J connectivity index is 1.44. The van der Waals surface area contributed by atoms with Gasteiger partial charge >= 0.3 is 12.1 Å². The van der Waals surface area contributed by atoms with E-state index in [2.05, 4.69) is 16.7 Å². The molecule has 67 heavy (non-hydrogen) atoms. The number of halogens is 4. The number of carbonyl (C=O) groups is 3. The van der Waals surface area contributed by atoms with E-state index in [1.807, 2.05) is 20.8 Å². The standard InChI is InChI=1S/C47H59Cl2F2N3O13/c1-29(67-45(58)66-25-24-65-23-22-64-21-20-63-19-18-62-17-16-61-15-14-59-5)38-31(44(56)57)11-13-36(42(38)60-6)53-43(55)41-39(32-8-7-9-34(49)40(32)51)47(28-52,37(54-41)27-46(2,3)4)33-12-10-30(48)26-35(33)50/h7-13,26,29,37,39,41,54H,14-25,27H2,1-6H3,(H,53,55)(H,56,57)/t29?,37-,39-,41+,47-/m0/s1. The fraction of sp³-hybridized carbons (Fsp3) is 0.532. The lowest BCUT2D eigenvalue weighted by Crippen LogP contribution is -2.45. The summed E-state index contributed by atoms with van der Waals surface area (Å²) in [5.74, 6) is -5.53. The molecule has 1 aliphatic rings. The fourth-order valence-corrected chi connectivity index (χ4v) is 8.16. The molecule has 3 aromatic rings. The Morgan fingerprint density at radius 1 is 0.866 bits per heavy atom. The summed E-state index contributed by atoms with van der Waals surface area (Å²) in [6.07, 6.45) is -2.23. The van der Waals surface area contributed by atoms with E-state index in [-0.39, 0.29) is 76.6 Å². The number of hydrogen-bond acceptors (Lipinski definition) is 14. The van der Waals surface area contributed by atoms with E-state index in [0.29, 0.717) is 52.9 Å². The molecule has 0 aromatic heterocycles. The lowest BCUT2D eigenvalue weighted by Gasteiger charge is -2.37. The molecule has 0 saturated carbocycles. The number of nitriles is 1. The highest BCUT2D eigenvalue weighted by Crippen LogP contribution is 2.53. The molecule has 0 spiro atoms. The molecule has 0 radical (unpaired) electrons. The Labute approximate surface area is 399 Å². The molecule has 1 aliphatic heterocycles. The van der Waals surface area contributed by atoms with Crippen LogP contribution in [0.5, 0.6) is 5.75 Å². The number of nitrogens with zero attached hydrogens (tertiary/aromatic N) is 1. The maximum absolute atomic E-state index is 16.2. The van der Waals surface area contributed by atoms with Gasteiger partial charge in [-0.05, 0) is 54.7 Å². The number of ether oxygens (including phenoxy) is 9. The highest BCUT2D eigenvalue weighted by molar-refractivity contribution is 6.31. The third kappa shape index (κ3) is 15.2. The van der Waals surface area contributed by atoms with E-state index in [1.165, 1.54) is 56.5 Å². The first-order valence-corrected chi connectivity index (χ1v) is 22.3. The minimum atomic E-state index is -1.91. The van der Waals surface area contributed by atoms with Crippen LogP contribution in [0.25, 0.3) is 0 Å². The number of methoxy groups -OCH3 is 2. The quantitative estimate of drug-likeness (QED) is 0.0491. The van der Waals surface area contributed by atoms with Crippen molar-refractivity contribution >= 4 is 46.9 Å². The van der Waals surface area contributed by atoms with Gasteiger partial charge < -0.3 is 58.4 Å². The van der Waals surface area contributed by atoms with Gasteiger partial charge in [0.05, 0.1) is 114 Å². The lowest BCUT2D eigenvalue weighted by atomic mass is 9.62. The number of anilines is 1. The number of benzene rings is 3. The molecule has 1 saturated heterocycles. The van der Waals surface area contributed by atoms with Gasteiger partial charge in [0, 0.05) is 29.7 Å². The van der Waals surface area contributed by atoms with E-state index in [4.69, 9.17) is 65.8 Å². The highest BCUT2D eigenvalue weighted by Gasteiger charge is 2.61. The van der Waals surface area contributed by atoms with Crippen LogP contribution in [0.15, 0.2) is 48.5 Å². The van der Waals surface area contributed by atoms with Gasteiger partial charge in [0.25, 0.3) is 0 Å². The zero-order valence-electron chi connectivity index (χ0n) is 38.4. The van der Waals surface area contributed by atoms with E-state index in [9.17, 15) is 24.8 Å². The number of carboxylic acid groups (broad SMARTS) is 1. The number of aromatic carboxylic acids is 1. The number of carboxylic acids is 1. The molecule has 1 unspecified atom stereocenters. The van der Waals surface area contributed by atoms with Crippen LogP contribution in [0.1, 0.15) is 73.2 Å². The minimum absolute atomic E-state index is 0.00468. The van der Waals surface area contributed by atoms with Gasteiger partial charge in [-0.2, -0.15) is 5.26 Å². The van der Waals surface area contributed by atoms with Crippen LogP contribution < -0.4 is 15.4 Å². The van der Waals surface area contributed by atoms with Crippen LogP contribution in [0, 0.1) is 28.4 Å². The number of amides is 1. The van der Waals surface area contributed by atoms with Crippen molar-refractivity contribution in [3.05, 3.63) is 92.5 Å². The SMILES string of the molecule is COCCOCCOCCOCCOCCOCCOC(=O)OC(C)c1c(C(=O)O)ccc(NC(=O)[C@@H]2N[C@@H](CC(C)(C)C)[C@](C#N)(c3ccc(Cl)cc3F)[C@H]2c2cccc(Cl)c2F)c1OC. The smallest absolute Gasteiger partial charge is 0.494 e. The molecule has 5 atom stereocenters. The predicted octanol–water partition coefficient (Wildman–Crippen LogP) is 7.88. The monoisotopic (exact) mass is 981 g/mol. The summed E-state index contributed by atoms with van der Waals surface area (Å²) in [7, 11) is 2.83. The van der Waals surface area contributed by atoms with Crippen LogP contribution >= 0.6 is 23.2 Å². The summed E-state index contributed by atoms with van der Waals surface area (Å²) < 4.78 is 80.5. The lowest BCUT2D eigenvalue weighted by molar-refractivity contribution is -0.118. The third-order valence-electron chi connectivity index (χ3n) is 10.7. The second-order valence-electron chi connectivity index (χ2n) is 16.5. The Morgan fingerprint density at radius 2 is 1.45 bits per heavy atom. The first-order chi connectivity index (χ1) is 32.0. The Morgan fingerprint density at radius 3 is 1.97 bits per heavy atom. The van der Waals surface area contributed by atoms with Crippen molar-refractivity contribution < 1.29 is 70.9 Å². The van der Waals surface area contributed by atoms with Crippen molar-refractivity contribution in [3.63, 3.8) is 0 Å². The molecule has 1 heterocycles. The van der Waals surface area contributed by atoms with Crippen molar-refractivity contribution in [2.45, 2.75) is 63.6 Å². The van der Waals surface area contributed by atoms with Crippen LogP contribution in [-0.4, -0.2) is 129 Å². The van der Waals surface area contributed by atoms with Gasteiger partial charge in [-0.15, -0.1) is 0 Å². The van der Waals surface area contributed by atoms with Crippen molar-refractivity contribution in [2.75, 3.05) is 98.8 Å². The second-order valence-corrected chi connectivity index (χ2v) is 17.3. The maximum atomic E-state index is 16.2. The normalized spacial score (nSPS) is 18.6. The van der Waals surface area contributed by atoms with E-state index in [0.717, 1.165) is 6.07 Å². The molecule has 16 nitrogen and oxygen atoms in total. The first kappa shape index (κ1) is 54.9. The van der Waals surface area contributed by atoms with Gasteiger partial charge in [0.2, 0.25) is 5.91 Å². The average molecular weight is 983 g/mol. The number of carbonyl (C=O) groups excluding carboxylic acids is 2. The van der Waals surface area contributed by atoms with Crippen molar-refractivity contribution in [1.29, 1.82) is 5.26 Å². The Bertz CT molecular complexity index is 2160. The van der Waals surface area contributed by atoms with Gasteiger partial charge in [-0.3, -0.25) is 4.79 Å². The van der Waals surface area contributed by atoms with Crippen molar-refractivity contribution in [3.8, 4) is 11.8 Å². The molecule has 3 N–H and O–H groups in total. The third-order valence-corrected chi connectivity index (χ3v) is 11.2. The summed E-state index contributed by atoms with van der Waals surface area (Å²) >= 11 is 12.4. The van der Waals surface area contributed by atoms with Gasteiger partial charge in [0.15, 0.2) is 0 Å². The maximum Gasteiger partial charge on any atom is 0.508 e. The molecule has 0 bridgehead atoms. The minimum Gasteiger partial charge on any atom is -0.494 e.